The van der Waals surface area contributed by atoms with Gasteiger partial charge in [0.1, 0.15) is 17.1 Å². The van der Waals surface area contributed by atoms with Crippen molar-refractivity contribution in [2.75, 3.05) is 9.96 Å². The van der Waals surface area contributed by atoms with Crippen LogP contribution in [0, 0.1) is 12.8 Å². The highest BCUT2D eigenvalue weighted by atomic mass is 35.5. The highest BCUT2D eigenvalue weighted by Crippen LogP contribution is 2.50. The molecule has 3 atom stereocenters. The third-order valence-electron chi connectivity index (χ3n) is 6.45. The van der Waals surface area contributed by atoms with Gasteiger partial charge in [-0.3, -0.25) is 23.8 Å². The molecule has 36 heavy (non-hydrogen) atoms. The van der Waals surface area contributed by atoms with E-state index >= 15 is 0 Å². The number of halogens is 1. The van der Waals surface area contributed by atoms with Crippen molar-refractivity contribution in [3.63, 3.8) is 0 Å². The van der Waals surface area contributed by atoms with Gasteiger partial charge < -0.3 is 0 Å². The molecule has 2 saturated heterocycles. The van der Waals surface area contributed by atoms with E-state index in [2.05, 4.69) is 0 Å². The number of nitrogens with zero attached hydrogens (tertiary/aromatic N) is 3. The molecule has 0 saturated carbocycles. The van der Waals surface area contributed by atoms with Crippen LogP contribution in [0.25, 0.3) is 5.69 Å². The molecule has 0 N–H and O–H groups in total. The quantitative estimate of drug-likeness (QED) is 0.360. The van der Waals surface area contributed by atoms with Gasteiger partial charge in [0.15, 0.2) is 6.10 Å². The Labute approximate surface area is 215 Å². The van der Waals surface area contributed by atoms with Gasteiger partial charge in [0, 0.05) is 0 Å². The number of anilines is 2. The minimum atomic E-state index is -1.04. The van der Waals surface area contributed by atoms with Gasteiger partial charge in [0.05, 0.1) is 21.9 Å². The third kappa shape index (κ3) is 3.49. The fraction of sp³-hybridized carbons (Fsp3) is 0.148. The maximum atomic E-state index is 13.8. The monoisotopic (exact) mass is 517 g/mol. The number of hydroxylamine groups is 1. The van der Waals surface area contributed by atoms with E-state index in [9.17, 15) is 14.4 Å². The zero-order valence-corrected chi connectivity index (χ0v) is 20.6. The van der Waals surface area contributed by atoms with Crippen LogP contribution in [0.3, 0.4) is 0 Å². The lowest BCUT2D eigenvalue weighted by atomic mass is 9.95. The summed E-state index contributed by atoms with van der Waals surface area (Å²) in [6.45, 7) is 1.90. The van der Waals surface area contributed by atoms with Crippen molar-refractivity contribution in [3.05, 3.63) is 110 Å². The number of aryl methyl sites for hydroxylation is 1. The summed E-state index contributed by atoms with van der Waals surface area (Å²) in [7, 11) is 0. The summed E-state index contributed by atoms with van der Waals surface area (Å²) in [6, 6.07) is 24.7. The van der Waals surface area contributed by atoms with E-state index < -0.39 is 24.0 Å². The van der Waals surface area contributed by atoms with Crippen molar-refractivity contribution in [3.8, 4) is 5.69 Å². The fourth-order valence-electron chi connectivity index (χ4n) is 4.85. The molecule has 4 aromatic rings. The first-order chi connectivity index (χ1) is 17.5. The van der Waals surface area contributed by atoms with Gasteiger partial charge in [0.2, 0.25) is 5.91 Å². The molecule has 9 heteroatoms. The number of thiazole rings is 1. The second kappa shape index (κ2) is 8.74. The average molecular weight is 518 g/mol. The Morgan fingerprint density at radius 2 is 1.44 bits per heavy atom. The Morgan fingerprint density at radius 3 is 2.11 bits per heavy atom. The Kier molecular flexibility index (Phi) is 5.52. The molecule has 0 unspecified atom stereocenters. The molecule has 0 spiro atoms. The molecule has 7 nitrogen and oxygen atoms in total. The highest BCUT2D eigenvalue weighted by Gasteiger charge is 2.61. The molecule has 2 aliphatic rings. The van der Waals surface area contributed by atoms with Crippen molar-refractivity contribution in [2.45, 2.75) is 19.1 Å². The lowest BCUT2D eigenvalue weighted by Gasteiger charge is -2.28. The van der Waals surface area contributed by atoms with Crippen molar-refractivity contribution in [1.82, 2.24) is 4.57 Å². The number of hydrogen-bond acceptors (Lipinski definition) is 6. The van der Waals surface area contributed by atoms with Crippen LogP contribution >= 0.6 is 22.9 Å². The topological polar surface area (TPSA) is 71.8 Å². The van der Waals surface area contributed by atoms with Crippen LogP contribution in [-0.4, -0.2) is 22.5 Å². The Morgan fingerprint density at radius 1 is 0.806 bits per heavy atom. The van der Waals surface area contributed by atoms with Crippen LogP contribution in [-0.2, 0) is 14.4 Å². The first-order valence-corrected chi connectivity index (χ1v) is 12.6. The highest BCUT2D eigenvalue weighted by molar-refractivity contribution is 7.10. The first-order valence-electron chi connectivity index (χ1n) is 11.4. The molecule has 2 amide bonds. The lowest BCUT2D eigenvalue weighted by molar-refractivity contribution is -0.126. The van der Waals surface area contributed by atoms with Gasteiger partial charge >= 0.3 is 4.87 Å². The molecule has 2 fully saturated rings. The fourth-order valence-corrected chi connectivity index (χ4v) is 6.32. The first kappa shape index (κ1) is 22.7. The van der Waals surface area contributed by atoms with Crippen molar-refractivity contribution in [2.24, 2.45) is 5.92 Å². The van der Waals surface area contributed by atoms with Gasteiger partial charge in [0.25, 0.3) is 5.91 Å². The number of para-hydroxylation sites is 2. The van der Waals surface area contributed by atoms with Crippen LogP contribution in [0.4, 0.5) is 11.4 Å². The molecule has 0 aliphatic carbocycles. The van der Waals surface area contributed by atoms with Crippen molar-refractivity contribution >= 4 is 46.1 Å². The standard InChI is InChI=1S/C27H20ClN3O4S/c1-16-9-8-14-19(15-16)30-25(32)20-21(31(35-22(20)26(30)33)18-12-6-3-7-13-18)23-24(28)29(27(34)36-23)17-10-4-2-5-11-17/h2-15,20-22H,1H3/t20-,21+,22+/m0/s1. The Bertz CT molecular complexity index is 1540. The summed E-state index contributed by atoms with van der Waals surface area (Å²) < 4.78 is 1.41. The number of rotatable bonds is 4. The summed E-state index contributed by atoms with van der Waals surface area (Å²) in [5, 5.41) is 1.74. The van der Waals surface area contributed by atoms with Crippen LogP contribution in [0.2, 0.25) is 5.15 Å². The number of benzene rings is 3. The van der Waals surface area contributed by atoms with Gasteiger partial charge in [-0.05, 0) is 48.9 Å². The lowest BCUT2D eigenvalue weighted by Crippen LogP contribution is -2.37. The second-order valence-corrected chi connectivity index (χ2v) is 10.1. The second-order valence-electron chi connectivity index (χ2n) is 8.70. The molecular formula is C27H20ClN3O4S. The normalized spacial score (nSPS) is 21.3. The number of carbonyl (C=O) groups excluding carboxylic acids is 2. The molecule has 3 aromatic carbocycles. The minimum absolute atomic E-state index is 0.195. The summed E-state index contributed by atoms with van der Waals surface area (Å²) in [6.07, 6.45) is -1.04. The molecular weight excluding hydrogens is 498 g/mol. The summed E-state index contributed by atoms with van der Waals surface area (Å²) in [4.78, 5) is 47.9. The molecule has 180 valence electrons. The van der Waals surface area contributed by atoms with E-state index in [0.717, 1.165) is 16.9 Å². The maximum absolute atomic E-state index is 13.8. The van der Waals surface area contributed by atoms with Gasteiger partial charge in [-0.25, -0.2) is 9.96 Å². The average Bonchev–Trinajstić information content (AvgIpc) is 3.49. The largest absolute Gasteiger partial charge is 0.313 e. The Hall–Kier alpha value is -3.72. The summed E-state index contributed by atoms with van der Waals surface area (Å²) in [5.41, 5.74) is 2.69. The van der Waals surface area contributed by atoms with E-state index in [-0.39, 0.29) is 15.9 Å². The third-order valence-corrected chi connectivity index (χ3v) is 7.95. The minimum Gasteiger partial charge on any atom is -0.273 e. The maximum Gasteiger partial charge on any atom is 0.313 e. The molecule has 0 bridgehead atoms. The van der Waals surface area contributed by atoms with Crippen LogP contribution < -0.4 is 14.8 Å². The Balaban J connectivity index is 1.49. The van der Waals surface area contributed by atoms with Crippen molar-refractivity contribution in [1.29, 1.82) is 0 Å². The number of amides is 2. The van der Waals surface area contributed by atoms with E-state index in [1.165, 1.54) is 9.47 Å². The zero-order chi connectivity index (χ0) is 25.0. The predicted octanol–water partition coefficient (Wildman–Crippen LogP) is 4.91. The smallest absolute Gasteiger partial charge is 0.273 e. The zero-order valence-electron chi connectivity index (χ0n) is 19.1. The van der Waals surface area contributed by atoms with Gasteiger partial charge in [-0.1, -0.05) is 71.5 Å². The van der Waals surface area contributed by atoms with Crippen LogP contribution in [0.15, 0.2) is 89.7 Å². The summed E-state index contributed by atoms with van der Waals surface area (Å²) >= 11 is 7.78. The SMILES string of the molecule is Cc1cccc(N2C(=O)[C@@H]3[C@@H](ON(c4ccccc4)[C@H]3c3sc(=O)n(-c4ccccc4)c3Cl)C2=O)c1. The van der Waals surface area contributed by atoms with E-state index in [1.807, 2.05) is 61.5 Å². The summed E-state index contributed by atoms with van der Waals surface area (Å²) in [5.74, 6) is -1.70. The number of fused-ring (bicyclic) bond motifs is 1. The number of carbonyl (C=O) groups is 2. The van der Waals surface area contributed by atoms with Crippen LogP contribution in [0.5, 0.6) is 0 Å². The molecule has 6 rings (SSSR count). The number of hydrogen-bond donors (Lipinski definition) is 0. The molecule has 3 heterocycles. The van der Waals surface area contributed by atoms with Gasteiger partial charge in [-0.2, -0.15) is 0 Å². The molecule has 2 aliphatic heterocycles. The van der Waals surface area contributed by atoms with Crippen molar-refractivity contribution < 1.29 is 14.4 Å². The van der Waals surface area contributed by atoms with E-state index in [0.29, 0.717) is 21.9 Å². The van der Waals surface area contributed by atoms with Crippen LogP contribution in [0.1, 0.15) is 16.5 Å². The number of aromatic nitrogens is 1. The van der Waals surface area contributed by atoms with E-state index in [4.69, 9.17) is 16.4 Å². The molecule has 1 aromatic heterocycles. The van der Waals surface area contributed by atoms with E-state index in [1.54, 1.807) is 35.4 Å². The predicted molar refractivity (Wildman–Crippen MR) is 139 cm³/mol. The molecule has 0 radical (unpaired) electrons. The number of imide groups is 1. The van der Waals surface area contributed by atoms with Gasteiger partial charge in [-0.15, -0.1) is 0 Å².